The van der Waals surface area contributed by atoms with Gasteiger partial charge in [0, 0.05) is 34.1 Å². The number of hydrogen-bond acceptors (Lipinski definition) is 4. The standard InChI is InChI=1S/C24H28N2O3/c1-23(2,3)29-22(28)25-18-11-12-19-17(13-18)15-24(4,5)26-20(19)14-21(27)16-9-7-6-8-10-16/h6-14,26H,15H2,1-5H3,(H,25,28)/b20-14-. The summed E-state index contributed by atoms with van der Waals surface area (Å²) >= 11 is 0. The quantitative estimate of drug-likeness (QED) is 0.558. The molecule has 0 aromatic heterocycles. The molecule has 0 spiro atoms. The SMILES string of the molecule is CC1(C)Cc2cc(NC(=O)OC(C)(C)C)ccc2/C(=C/C(=O)c2ccccc2)N1. The molecule has 29 heavy (non-hydrogen) atoms. The molecule has 1 aliphatic heterocycles. The molecule has 1 aliphatic rings. The third-order valence-corrected chi connectivity index (χ3v) is 4.48. The Morgan fingerprint density at radius 2 is 1.79 bits per heavy atom. The molecule has 2 aromatic carbocycles. The Morgan fingerprint density at radius 1 is 1.10 bits per heavy atom. The van der Waals surface area contributed by atoms with Gasteiger partial charge in [0.25, 0.3) is 0 Å². The highest BCUT2D eigenvalue weighted by atomic mass is 16.6. The first-order valence-corrected chi connectivity index (χ1v) is 9.75. The zero-order valence-corrected chi connectivity index (χ0v) is 17.6. The van der Waals surface area contributed by atoms with Crippen molar-refractivity contribution in [3.63, 3.8) is 0 Å². The summed E-state index contributed by atoms with van der Waals surface area (Å²) in [4.78, 5) is 24.8. The van der Waals surface area contributed by atoms with E-state index in [4.69, 9.17) is 4.74 Å². The predicted molar refractivity (Wildman–Crippen MR) is 116 cm³/mol. The van der Waals surface area contributed by atoms with Crippen LogP contribution >= 0.6 is 0 Å². The van der Waals surface area contributed by atoms with Crippen molar-refractivity contribution in [1.29, 1.82) is 0 Å². The van der Waals surface area contributed by atoms with Crippen molar-refractivity contribution in [2.45, 2.75) is 52.2 Å². The number of ether oxygens (including phenoxy) is 1. The molecule has 2 aromatic rings. The summed E-state index contributed by atoms with van der Waals surface area (Å²) in [5.41, 5.74) is 3.35. The van der Waals surface area contributed by atoms with Crippen LogP contribution in [-0.4, -0.2) is 23.0 Å². The Hall–Kier alpha value is -3.08. The zero-order chi connectivity index (χ0) is 21.2. The fourth-order valence-corrected chi connectivity index (χ4v) is 3.38. The second-order valence-electron chi connectivity index (χ2n) is 8.97. The number of amides is 1. The first kappa shape index (κ1) is 20.6. The van der Waals surface area contributed by atoms with Gasteiger partial charge in [-0.05, 0) is 58.7 Å². The Labute approximate surface area is 172 Å². The molecule has 0 bridgehead atoms. The predicted octanol–water partition coefficient (Wildman–Crippen LogP) is 5.18. The number of fused-ring (bicyclic) bond motifs is 1. The van der Waals surface area contributed by atoms with Crippen LogP contribution in [0.15, 0.2) is 54.6 Å². The van der Waals surface area contributed by atoms with Gasteiger partial charge in [-0.2, -0.15) is 0 Å². The monoisotopic (exact) mass is 392 g/mol. The lowest BCUT2D eigenvalue weighted by Crippen LogP contribution is -2.43. The minimum atomic E-state index is -0.558. The molecule has 0 saturated heterocycles. The molecule has 0 fully saturated rings. The Morgan fingerprint density at radius 3 is 2.45 bits per heavy atom. The number of allylic oxidation sites excluding steroid dienone is 1. The van der Waals surface area contributed by atoms with Crippen molar-refractivity contribution >= 4 is 23.3 Å². The second-order valence-corrected chi connectivity index (χ2v) is 8.97. The van der Waals surface area contributed by atoms with E-state index < -0.39 is 11.7 Å². The number of anilines is 1. The maximum absolute atomic E-state index is 12.7. The summed E-state index contributed by atoms with van der Waals surface area (Å²) in [6.07, 6.45) is 1.93. The van der Waals surface area contributed by atoms with E-state index in [9.17, 15) is 9.59 Å². The Kier molecular flexibility index (Phi) is 5.51. The van der Waals surface area contributed by atoms with E-state index in [1.165, 1.54) is 0 Å². The molecule has 0 saturated carbocycles. The second kappa shape index (κ2) is 7.74. The van der Waals surface area contributed by atoms with Crippen molar-refractivity contribution in [3.8, 4) is 0 Å². The smallest absolute Gasteiger partial charge is 0.412 e. The summed E-state index contributed by atoms with van der Waals surface area (Å²) in [6.45, 7) is 9.66. The first-order valence-electron chi connectivity index (χ1n) is 9.75. The summed E-state index contributed by atoms with van der Waals surface area (Å²) in [6, 6.07) is 14.9. The van der Waals surface area contributed by atoms with Crippen molar-refractivity contribution in [2.24, 2.45) is 0 Å². The van der Waals surface area contributed by atoms with Crippen LogP contribution in [0.4, 0.5) is 10.5 Å². The van der Waals surface area contributed by atoms with E-state index in [2.05, 4.69) is 24.5 Å². The zero-order valence-electron chi connectivity index (χ0n) is 17.6. The van der Waals surface area contributed by atoms with Gasteiger partial charge in [-0.25, -0.2) is 4.79 Å². The molecule has 0 radical (unpaired) electrons. The highest BCUT2D eigenvalue weighted by Crippen LogP contribution is 2.32. The molecular formula is C24H28N2O3. The minimum Gasteiger partial charge on any atom is -0.444 e. The van der Waals surface area contributed by atoms with Crippen LogP contribution in [0.2, 0.25) is 0 Å². The fourth-order valence-electron chi connectivity index (χ4n) is 3.38. The molecule has 0 atom stereocenters. The number of carbonyl (C=O) groups is 2. The topological polar surface area (TPSA) is 67.4 Å². The van der Waals surface area contributed by atoms with Crippen molar-refractivity contribution in [1.82, 2.24) is 5.32 Å². The summed E-state index contributed by atoms with van der Waals surface area (Å²) < 4.78 is 5.33. The van der Waals surface area contributed by atoms with E-state index in [0.29, 0.717) is 11.3 Å². The van der Waals surface area contributed by atoms with E-state index in [0.717, 1.165) is 23.2 Å². The van der Waals surface area contributed by atoms with Gasteiger partial charge in [0.1, 0.15) is 5.60 Å². The molecule has 5 heteroatoms. The number of rotatable bonds is 3. The van der Waals surface area contributed by atoms with Crippen LogP contribution in [0.25, 0.3) is 5.70 Å². The van der Waals surface area contributed by atoms with E-state index in [-0.39, 0.29) is 11.3 Å². The normalized spacial score (nSPS) is 16.5. The first-order chi connectivity index (χ1) is 13.5. The minimum absolute atomic E-state index is 0.0484. The summed E-state index contributed by atoms with van der Waals surface area (Å²) in [5, 5.41) is 6.26. The van der Waals surface area contributed by atoms with E-state index in [1.807, 2.05) is 69.3 Å². The average molecular weight is 392 g/mol. The summed E-state index contributed by atoms with van der Waals surface area (Å²) in [7, 11) is 0. The molecule has 0 aliphatic carbocycles. The van der Waals surface area contributed by atoms with Gasteiger partial charge in [0.2, 0.25) is 0 Å². The Balaban J connectivity index is 1.89. The van der Waals surface area contributed by atoms with Crippen LogP contribution < -0.4 is 10.6 Å². The van der Waals surface area contributed by atoms with Gasteiger partial charge < -0.3 is 10.1 Å². The number of nitrogens with one attached hydrogen (secondary N) is 2. The Bertz CT molecular complexity index is 954. The molecule has 152 valence electrons. The van der Waals surface area contributed by atoms with Crippen LogP contribution in [0.5, 0.6) is 0 Å². The maximum atomic E-state index is 12.7. The molecule has 0 unspecified atom stereocenters. The average Bonchev–Trinajstić information content (AvgIpc) is 2.59. The lowest BCUT2D eigenvalue weighted by molar-refractivity contribution is 0.0635. The van der Waals surface area contributed by atoms with E-state index in [1.54, 1.807) is 6.08 Å². The van der Waals surface area contributed by atoms with Crippen LogP contribution in [0, 0.1) is 0 Å². The molecule has 5 nitrogen and oxygen atoms in total. The van der Waals surface area contributed by atoms with Crippen molar-refractivity contribution in [2.75, 3.05) is 5.32 Å². The highest BCUT2D eigenvalue weighted by molar-refractivity contribution is 6.08. The maximum Gasteiger partial charge on any atom is 0.412 e. The van der Waals surface area contributed by atoms with Crippen molar-refractivity contribution in [3.05, 3.63) is 71.3 Å². The summed E-state index contributed by atoms with van der Waals surface area (Å²) in [5.74, 6) is -0.0484. The van der Waals surface area contributed by atoms with Gasteiger partial charge in [0.15, 0.2) is 5.78 Å². The third-order valence-electron chi connectivity index (χ3n) is 4.48. The fraction of sp³-hybridized carbons (Fsp3) is 0.333. The molecule has 2 N–H and O–H groups in total. The van der Waals surface area contributed by atoms with Gasteiger partial charge in [-0.15, -0.1) is 0 Å². The van der Waals surface area contributed by atoms with Gasteiger partial charge in [-0.1, -0.05) is 36.4 Å². The number of carbonyl (C=O) groups excluding carboxylic acids is 2. The van der Waals surface area contributed by atoms with Gasteiger partial charge in [-0.3, -0.25) is 10.1 Å². The molecular weight excluding hydrogens is 364 g/mol. The highest BCUT2D eigenvalue weighted by Gasteiger charge is 2.28. The molecule has 1 amide bonds. The lowest BCUT2D eigenvalue weighted by atomic mass is 9.85. The van der Waals surface area contributed by atoms with Gasteiger partial charge >= 0.3 is 6.09 Å². The van der Waals surface area contributed by atoms with Crippen LogP contribution in [0.3, 0.4) is 0 Å². The number of ketones is 1. The molecule has 3 rings (SSSR count). The van der Waals surface area contributed by atoms with Crippen molar-refractivity contribution < 1.29 is 14.3 Å². The number of benzene rings is 2. The van der Waals surface area contributed by atoms with Gasteiger partial charge in [0.05, 0.1) is 0 Å². The third kappa shape index (κ3) is 5.47. The van der Waals surface area contributed by atoms with Crippen LogP contribution in [0.1, 0.15) is 56.1 Å². The van der Waals surface area contributed by atoms with E-state index >= 15 is 0 Å². The largest absolute Gasteiger partial charge is 0.444 e. The lowest BCUT2D eigenvalue weighted by Gasteiger charge is -2.36. The molecule has 1 heterocycles. The van der Waals surface area contributed by atoms with Crippen LogP contribution in [-0.2, 0) is 11.2 Å². The number of hydrogen-bond donors (Lipinski definition) is 2.